The molecule has 1 unspecified atom stereocenters. The summed E-state index contributed by atoms with van der Waals surface area (Å²) in [5.41, 5.74) is 5.17. The number of rotatable bonds is 5. The van der Waals surface area contributed by atoms with E-state index < -0.39 is 0 Å². The number of benzene rings is 1. The van der Waals surface area contributed by atoms with Gasteiger partial charge in [-0.15, -0.1) is 0 Å². The maximum Gasteiger partial charge on any atom is 0.224 e. The number of nitrogens with zero attached hydrogens (tertiary/aromatic N) is 3. The Kier molecular flexibility index (Phi) is 4.93. The number of hydrogen-bond donors (Lipinski definition) is 1. The van der Waals surface area contributed by atoms with Crippen molar-refractivity contribution in [2.75, 3.05) is 0 Å². The van der Waals surface area contributed by atoms with Crippen molar-refractivity contribution in [3.05, 3.63) is 77.4 Å². The highest BCUT2D eigenvalue weighted by Gasteiger charge is 2.17. The van der Waals surface area contributed by atoms with Gasteiger partial charge in [-0.2, -0.15) is 5.10 Å². The minimum atomic E-state index is -0.109. The summed E-state index contributed by atoms with van der Waals surface area (Å²) in [7, 11) is 0. The van der Waals surface area contributed by atoms with Crippen molar-refractivity contribution in [1.82, 2.24) is 20.1 Å². The monoisotopic (exact) mass is 334 g/mol. The van der Waals surface area contributed by atoms with Crippen LogP contribution in [-0.4, -0.2) is 20.7 Å². The van der Waals surface area contributed by atoms with Crippen LogP contribution in [0.5, 0.6) is 0 Å². The van der Waals surface area contributed by atoms with Crippen molar-refractivity contribution < 1.29 is 4.79 Å². The Bertz CT molecular complexity index is 870. The van der Waals surface area contributed by atoms with Crippen molar-refractivity contribution in [3.63, 3.8) is 0 Å². The van der Waals surface area contributed by atoms with Gasteiger partial charge in [-0.1, -0.05) is 24.3 Å². The molecule has 0 aliphatic rings. The summed E-state index contributed by atoms with van der Waals surface area (Å²) in [5.74, 6) is -0.0245. The molecular weight excluding hydrogens is 312 g/mol. The molecule has 128 valence electrons. The lowest BCUT2D eigenvalue weighted by molar-refractivity contribution is -0.121. The molecule has 0 radical (unpaired) electrons. The van der Waals surface area contributed by atoms with Crippen LogP contribution in [0.3, 0.4) is 0 Å². The molecule has 0 saturated heterocycles. The third-order valence-electron chi connectivity index (χ3n) is 4.32. The van der Waals surface area contributed by atoms with Crippen LogP contribution in [0.2, 0.25) is 0 Å². The fourth-order valence-electron chi connectivity index (χ4n) is 2.95. The predicted molar refractivity (Wildman–Crippen MR) is 97.5 cm³/mol. The molecule has 3 aromatic rings. The van der Waals surface area contributed by atoms with Gasteiger partial charge in [0.25, 0.3) is 0 Å². The van der Waals surface area contributed by atoms with Gasteiger partial charge in [-0.05, 0) is 44.0 Å². The molecule has 2 aromatic heterocycles. The van der Waals surface area contributed by atoms with Gasteiger partial charge < -0.3 is 5.32 Å². The number of nitrogens with one attached hydrogen (secondary N) is 1. The normalized spacial score (nSPS) is 12.0. The fraction of sp³-hybridized carbons (Fsp3) is 0.250. The largest absolute Gasteiger partial charge is 0.349 e. The average molecular weight is 334 g/mol. The van der Waals surface area contributed by atoms with Crippen LogP contribution < -0.4 is 5.32 Å². The fourth-order valence-corrected chi connectivity index (χ4v) is 2.95. The molecule has 1 N–H and O–H groups in total. The summed E-state index contributed by atoms with van der Waals surface area (Å²) in [4.78, 5) is 16.3. The third kappa shape index (κ3) is 3.76. The van der Waals surface area contributed by atoms with E-state index in [1.54, 1.807) is 12.4 Å². The van der Waals surface area contributed by atoms with Gasteiger partial charge >= 0.3 is 0 Å². The Balaban J connectivity index is 1.74. The second-order valence-corrected chi connectivity index (χ2v) is 6.21. The van der Waals surface area contributed by atoms with Crippen LogP contribution in [0, 0.1) is 13.8 Å². The first-order chi connectivity index (χ1) is 12.1. The molecule has 0 aliphatic heterocycles. The number of carbonyl (C=O) groups excluding carboxylic acids is 1. The first kappa shape index (κ1) is 16.9. The van der Waals surface area contributed by atoms with E-state index in [4.69, 9.17) is 0 Å². The van der Waals surface area contributed by atoms with Crippen LogP contribution in [-0.2, 0) is 11.2 Å². The van der Waals surface area contributed by atoms with Crippen molar-refractivity contribution >= 4 is 5.91 Å². The lowest BCUT2D eigenvalue weighted by Gasteiger charge is -2.14. The zero-order chi connectivity index (χ0) is 17.8. The summed E-state index contributed by atoms with van der Waals surface area (Å²) < 4.78 is 1.93. The van der Waals surface area contributed by atoms with E-state index in [0.29, 0.717) is 6.42 Å². The molecule has 0 aliphatic carbocycles. The standard InChI is InChI=1S/C20H22N4O/c1-14-7-4-5-9-19(14)24-16(3)18(13-22-24)15(2)23-20(25)11-17-8-6-10-21-12-17/h4-10,12-13,15H,11H2,1-3H3,(H,23,25). The first-order valence-corrected chi connectivity index (χ1v) is 8.35. The van der Waals surface area contributed by atoms with Gasteiger partial charge in [-0.25, -0.2) is 4.68 Å². The van der Waals surface area contributed by atoms with Gasteiger partial charge in [0.1, 0.15) is 0 Å². The molecule has 1 aromatic carbocycles. The molecule has 1 atom stereocenters. The van der Waals surface area contributed by atoms with Crippen LogP contribution in [0.4, 0.5) is 0 Å². The van der Waals surface area contributed by atoms with E-state index >= 15 is 0 Å². The molecule has 1 amide bonds. The van der Waals surface area contributed by atoms with Crippen LogP contribution >= 0.6 is 0 Å². The number of aromatic nitrogens is 3. The number of para-hydroxylation sites is 1. The van der Waals surface area contributed by atoms with Crippen molar-refractivity contribution in [1.29, 1.82) is 0 Å². The predicted octanol–water partition coefficient (Wildman–Crippen LogP) is 3.30. The highest BCUT2D eigenvalue weighted by atomic mass is 16.1. The maximum absolute atomic E-state index is 12.3. The van der Waals surface area contributed by atoms with E-state index in [-0.39, 0.29) is 11.9 Å². The quantitative estimate of drug-likeness (QED) is 0.779. The second kappa shape index (κ2) is 7.30. The van der Waals surface area contributed by atoms with Gasteiger partial charge in [0.05, 0.1) is 24.3 Å². The molecule has 0 bridgehead atoms. The molecule has 0 spiro atoms. The van der Waals surface area contributed by atoms with E-state index in [1.165, 1.54) is 0 Å². The summed E-state index contributed by atoms with van der Waals surface area (Å²) in [6, 6.07) is 11.8. The zero-order valence-electron chi connectivity index (χ0n) is 14.7. The van der Waals surface area contributed by atoms with E-state index in [0.717, 1.165) is 28.1 Å². The highest BCUT2D eigenvalue weighted by Crippen LogP contribution is 2.22. The van der Waals surface area contributed by atoms with Crippen LogP contribution in [0.1, 0.15) is 35.3 Å². The number of hydrogen-bond acceptors (Lipinski definition) is 3. The molecule has 2 heterocycles. The van der Waals surface area contributed by atoms with Gasteiger partial charge in [0.15, 0.2) is 0 Å². The zero-order valence-corrected chi connectivity index (χ0v) is 14.7. The Morgan fingerprint density at radius 3 is 2.68 bits per heavy atom. The Morgan fingerprint density at radius 1 is 1.16 bits per heavy atom. The topological polar surface area (TPSA) is 59.8 Å². The molecule has 0 fully saturated rings. The van der Waals surface area contributed by atoms with Gasteiger partial charge in [0, 0.05) is 23.7 Å². The SMILES string of the molecule is Cc1ccccc1-n1ncc(C(C)NC(=O)Cc2cccnc2)c1C. The van der Waals surface area contributed by atoms with E-state index in [1.807, 2.05) is 55.1 Å². The lowest BCUT2D eigenvalue weighted by Crippen LogP contribution is -2.28. The molecule has 0 saturated carbocycles. The summed E-state index contributed by atoms with van der Waals surface area (Å²) >= 11 is 0. The maximum atomic E-state index is 12.3. The molecular formula is C20H22N4O. The molecule has 3 rings (SSSR count). The third-order valence-corrected chi connectivity index (χ3v) is 4.32. The van der Waals surface area contributed by atoms with Gasteiger partial charge in [-0.3, -0.25) is 9.78 Å². The minimum Gasteiger partial charge on any atom is -0.349 e. The second-order valence-electron chi connectivity index (χ2n) is 6.21. The molecule has 5 heteroatoms. The number of pyridine rings is 1. The Morgan fingerprint density at radius 2 is 1.96 bits per heavy atom. The van der Waals surface area contributed by atoms with E-state index in [9.17, 15) is 4.79 Å². The van der Waals surface area contributed by atoms with Gasteiger partial charge in [0.2, 0.25) is 5.91 Å². The van der Waals surface area contributed by atoms with Crippen molar-refractivity contribution in [3.8, 4) is 5.69 Å². The number of amides is 1. The molecule has 25 heavy (non-hydrogen) atoms. The smallest absolute Gasteiger partial charge is 0.224 e. The lowest BCUT2D eigenvalue weighted by atomic mass is 10.1. The summed E-state index contributed by atoms with van der Waals surface area (Å²) in [6.07, 6.45) is 5.57. The number of aryl methyl sites for hydroxylation is 1. The average Bonchev–Trinajstić information content (AvgIpc) is 2.97. The summed E-state index contributed by atoms with van der Waals surface area (Å²) in [5, 5.41) is 7.56. The van der Waals surface area contributed by atoms with Crippen molar-refractivity contribution in [2.45, 2.75) is 33.2 Å². The first-order valence-electron chi connectivity index (χ1n) is 8.35. The molecule has 5 nitrogen and oxygen atoms in total. The van der Waals surface area contributed by atoms with E-state index in [2.05, 4.69) is 28.4 Å². The van der Waals surface area contributed by atoms with Crippen molar-refractivity contribution in [2.24, 2.45) is 0 Å². The number of carbonyl (C=O) groups is 1. The van der Waals surface area contributed by atoms with Crippen LogP contribution in [0.15, 0.2) is 55.0 Å². The Labute approximate surface area is 147 Å². The summed E-state index contributed by atoms with van der Waals surface area (Å²) in [6.45, 7) is 6.07. The Hall–Kier alpha value is -2.95. The van der Waals surface area contributed by atoms with Crippen LogP contribution in [0.25, 0.3) is 5.69 Å². The highest BCUT2D eigenvalue weighted by molar-refractivity contribution is 5.78. The minimum absolute atomic E-state index is 0.0245.